The Balaban J connectivity index is 2.54. The molecule has 26 heavy (non-hydrogen) atoms. The second-order valence-corrected chi connectivity index (χ2v) is 5.44. The molecular formula is C18H21NO7. The molecule has 1 aliphatic heterocycles. The number of aryl methyl sites for hydroxylation is 1. The number of ether oxygens (including phenoxy) is 4. The fraction of sp³-hybridized carbons (Fsp3) is 0.389. The average Bonchev–Trinajstić information content (AvgIpc) is 2.66. The highest BCUT2D eigenvalue weighted by atomic mass is 16.5. The van der Waals surface area contributed by atoms with E-state index >= 15 is 0 Å². The fourth-order valence-corrected chi connectivity index (χ4v) is 2.55. The van der Waals surface area contributed by atoms with Gasteiger partial charge in [-0.25, -0.2) is 14.4 Å². The van der Waals surface area contributed by atoms with Crippen LogP contribution in [0.15, 0.2) is 29.5 Å². The molecule has 0 saturated carbocycles. The van der Waals surface area contributed by atoms with Gasteiger partial charge in [-0.15, -0.1) is 0 Å². The van der Waals surface area contributed by atoms with Crippen molar-refractivity contribution in [3.63, 3.8) is 0 Å². The van der Waals surface area contributed by atoms with E-state index in [0.717, 1.165) is 5.56 Å². The molecule has 2 rings (SSSR count). The number of rotatable bonds is 5. The highest BCUT2D eigenvalue weighted by Gasteiger charge is 2.32. The van der Waals surface area contributed by atoms with Crippen molar-refractivity contribution in [1.82, 2.24) is 0 Å². The van der Waals surface area contributed by atoms with Crippen molar-refractivity contribution in [2.45, 2.75) is 13.8 Å². The SMILES string of the molecule is CCOC(=O)c1cc(N2COCC(C(=O)OC)=C2C(=O)OC)ccc1C. The smallest absolute Gasteiger partial charge is 0.355 e. The molecule has 0 saturated heterocycles. The zero-order valence-electron chi connectivity index (χ0n) is 15.2. The molecule has 0 amide bonds. The van der Waals surface area contributed by atoms with Crippen LogP contribution in [0.25, 0.3) is 0 Å². The molecule has 8 nitrogen and oxygen atoms in total. The van der Waals surface area contributed by atoms with E-state index in [0.29, 0.717) is 11.3 Å². The number of hydrogen-bond donors (Lipinski definition) is 0. The Bertz CT molecular complexity index is 754. The van der Waals surface area contributed by atoms with Crippen LogP contribution in [0.3, 0.4) is 0 Å². The monoisotopic (exact) mass is 363 g/mol. The summed E-state index contributed by atoms with van der Waals surface area (Å²) in [6.45, 7) is 3.67. The Labute approximate surface area is 151 Å². The molecule has 0 spiro atoms. The summed E-state index contributed by atoms with van der Waals surface area (Å²) in [5.41, 5.74) is 1.63. The summed E-state index contributed by atoms with van der Waals surface area (Å²) in [5.74, 6) is -1.86. The third kappa shape index (κ3) is 3.85. The van der Waals surface area contributed by atoms with Gasteiger partial charge in [-0.3, -0.25) is 0 Å². The van der Waals surface area contributed by atoms with Crippen molar-refractivity contribution in [3.05, 3.63) is 40.6 Å². The van der Waals surface area contributed by atoms with Gasteiger partial charge in [0.2, 0.25) is 0 Å². The molecule has 0 radical (unpaired) electrons. The van der Waals surface area contributed by atoms with Crippen molar-refractivity contribution in [1.29, 1.82) is 0 Å². The van der Waals surface area contributed by atoms with Gasteiger partial charge in [0, 0.05) is 5.69 Å². The minimum Gasteiger partial charge on any atom is -0.466 e. The summed E-state index contributed by atoms with van der Waals surface area (Å²) < 4.78 is 20.0. The van der Waals surface area contributed by atoms with Crippen LogP contribution < -0.4 is 4.90 Å². The zero-order valence-corrected chi connectivity index (χ0v) is 15.2. The van der Waals surface area contributed by atoms with E-state index in [4.69, 9.17) is 18.9 Å². The van der Waals surface area contributed by atoms with Crippen molar-refractivity contribution in [2.24, 2.45) is 0 Å². The fourth-order valence-electron chi connectivity index (χ4n) is 2.55. The van der Waals surface area contributed by atoms with Gasteiger partial charge in [-0.05, 0) is 31.5 Å². The van der Waals surface area contributed by atoms with Gasteiger partial charge >= 0.3 is 17.9 Å². The predicted molar refractivity (Wildman–Crippen MR) is 91.5 cm³/mol. The van der Waals surface area contributed by atoms with Crippen molar-refractivity contribution < 1.29 is 33.3 Å². The van der Waals surface area contributed by atoms with Gasteiger partial charge in [0.05, 0.1) is 38.6 Å². The highest BCUT2D eigenvalue weighted by Crippen LogP contribution is 2.28. The lowest BCUT2D eigenvalue weighted by Crippen LogP contribution is -2.38. The Hall–Kier alpha value is -2.87. The van der Waals surface area contributed by atoms with Gasteiger partial charge in [0.15, 0.2) is 0 Å². The lowest BCUT2D eigenvalue weighted by molar-refractivity contribution is -0.140. The predicted octanol–water partition coefficient (Wildman–Crippen LogP) is 1.57. The maximum atomic E-state index is 12.3. The molecule has 0 bridgehead atoms. The Kier molecular flexibility index (Phi) is 6.35. The number of benzene rings is 1. The molecular weight excluding hydrogens is 342 g/mol. The number of carbonyl (C=O) groups is 3. The van der Waals surface area contributed by atoms with Gasteiger partial charge in [0.25, 0.3) is 0 Å². The molecule has 140 valence electrons. The first-order valence-corrected chi connectivity index (χ1v) is 7.97. The maximum absolute atomic E-state index is 12.3. The van der Waals surface area contributed by atoms with Gasteiger partial charge in [-0.2, -0.15) is 0 Å². The molecule has 0 unspecified atom stereocenters. The van der Waals surface area contributed by atoms with E-state index in [2.05, 4.69) is 0 Å². The summed E-state index contributed by atoms with van der Waals surface area (Å²) in [4.78, 5) is 37.9. The first-order chi connectivity index (χ1) is 12.4. The molecule has 1 aromatic carbocycles. The summed E-state index contributed by atoms with van der Waals surface area (Å²) in [6.07, 6.45) is 0. The van der Waals surface area contributed by atoms with E-state index in [9.17, 15) is 14.4 Å². The van der Waals surface area contributed by atoms with E-state index < -0.39 is 17.9 Å². The highest BCUT2D eigenvalue weighted by molar-refractivity contribution is 6.03. The Morgan fingerprint density at radius 1 is 1.12 bits per heavy atom. The number of esters is 3. The van der Waals surface area contributed by atoms with E-state index in [1.807, 2.05) is 0 Å². The van der Waals surface area contributed by atoms with E-state index in [1.165, 1.54) is 19.1 Å². The lowest BCUT2D eigenvalue weighted by atomic mass is 10.1. The van der Waals surface area contributed by atoms with Crippen LogP contribution in [0, 0.1) is 6.92 Å². The summed E-state index contributed by atoms with van der Waals surface area (Å²) >= 11 is 0. The van der Waals surface area contributed by atoms with Gasteiger partial charge in [0.1, 0.15) is 12.4 Å². The Morgan fingerprint density at radius 3 is 2.42 bits per heavy atom. The molecule has 0 aromatic heterocycles. The van der Waals surface area contributed by atoms with Crippen LogP contribution in [0.1, 0.15) is 22.8 Å². The number of hydrogen-bond acceptors (Lipinski definition) is 8. The Morgan fingerprint density at radius 2 is 1.81 bits per heavy atom. The van der Waals surface area contributed by atoms with Crippen LogP contribution >= 0.6 is 0 Å². The molecule has 1 heterocycles. The second-order valence-electron chi connectivity index (χ2n) is 5.44. The average molecular weight is 363 g/mol. The minimum atomic E-state index is -0.702. The molecule has 0 fully saturated rings. The first-order valence-electron chi connectivity index (χ1n) is 7.97. The van der Waals surface area contributed by atoms with Crippen molar-refractivity contribution >= 4 is 23.6 Å². The van der Waals surface area contributed by atoms with Gasteiger partial charge < -0.3 is 23.8 Å². The molecule has 1 aromatic rings. The summed E-state index contributed by atoms with van der Waals surface area (Å²) in [5, 5.41) is 0. The van der Waals surface area contributed by atoms with Crippen LogP contribution in [-0.4, -0.2) is 52.1 Å². The molecule has 0 N–H and O–H groups in total. The third-order valence-corrected chi connectivity index (χ3v) is 3.86. The zero-order chi connectivity index (χ0) is 19.3. The number of anilines is 1. The number of methoxy groups -OCH3 is 2. The summed E-state index contributed by atoms with van der Waals surface area (Å²) in [6, 6.07) is 5.02. The lowest BCUT2D eigenvalue weighted by Gasteiger charge is -2.31. The topological polar surface area (TPSA) is 91.4 Å². The molecule has 8 heteroatoms. The van der Waals surface area contributed by atoms with Crippen LogP contribution in [0.2, 0.25) is 0 Å². The van der Waals surface area contributed by atoms with Crippen LogP contribution in [0.5, 0.6) is 0 Å². The quantitative estimate of drug-likeness (QED) is 0.575. The number of carbonyl (C=O) groups excluding carboxylic acids is 3. The largest absolute Gasteiger partial charge is 0.466 e. The minimum absolute atomic E-state index is 0.0102. The van der Waals surface area contributed by atoms with Gasteiger partial charge in [-0.1, -0.05) is 6.07 Å². The van der Waals surface area contributed by atoms with E-state index in [1.54, 1.807) is 32.0 Å². The number of nitrogens with zero attached hydrogens (tertiary/aromatic N) is 1. The van der Waals surface area contributed by atoms with E-state index in [-0.39, 0.29) is 31.2 Å². The van der Waals surface area contributed by atoms with Crippen molar-refractivity contribution in [3.8, 4) is 0 Å². The standard InChI is InChI=1S/C18H21NO7/c1-5-26-17(21)13-8-12(7-6-11(13)2)19-10-25-9-14(16(20)23-3)15(19)18(22)24-4/h6-8H,5,9-10H2,1-4H3. The first kappa shape index (κ1) is 19.5. The van der Waals surface area contributed by atoms with Crippen LogP contribution in [-0.2, 0) is 28.5 Å². The molecule has 1 aliphatic rings. The normalized spacial score (nSPS) is 14.1. The third-order valence-electron chi connectivity index (χ3n) is 3.86. The van der Waals surface area contributed by atoms with Crippen LogP contribution in [0.4, 0.5) is 5.69 Å². The molecule has 0 aliphatic carbocycles. The second kappa shape index (κ2) is 8.48. The summed E-state index contributed by atoms with van der Waals surface area (Å²) in [7, 11) is 2.44. The molecule has 0 atom stereocenters. The maximum Gasteiger partial charge on any atom is 0.355 e. The van der Waals surface area contributed by atoms with Crippen molar-refractivity contribution in [2.75, 3.05) is 39.1 Å².